The molecule has 0 radical (unpaired) electrons. The Hall–Kier alpha value is -3.24. The van der Waals surface area contributed by atoms with Crippen molar-refractivity contribution in [2.45, 2.75) is 18.9 Å². The molecule has 0 spiro atoms. The fraction of sp³-hybridized carbons (Fsp3) is 0.300. The van der Waals surface area contributed by atoms with E-state index >= 15 is 0 Å². The van der Waals surface area contributed by atoms with Gasteiger partial charge in [-0.1, -0.05) is 12.0 Å². The Labute approximate surface area is 158 Å². The second-order valence-electron chi connectivity index (χ2n) is 6.72. The molecule has 7 nitrogen and oxygen atoms in total. The molecule has 1 saturated heterocycles. The predicted molar refractivity (Wildman–Crippen MR) is 107 cm³/mol. The SMILES string of the molecule is C#Cc1cccc(Nc2ncnc3cnc(NC4CCN(C)CC4)nc23)c1. The molecule has 0 atom stereocenters. The van der Waals surface area contributed by atoms with Crippen molar-refractivity contribution in [2.75, 3.05) is 30.8 Å². The van der Waals surface area contributed by atoms with Gasteiger partial charge in [0.05, 0.1) is 6.20 Å². The van der Waals surface area contributed by atoms with Crippen LogP contribution in [-0.2, 0) is 0 Å². The van der Waals surface area contributed by atoms with Crippen molar-refractivity contribution in [1.82, 2.24) is 24.8 Å². The van der Waals surface area contributed by atoms with Gasteiger partial charge in [-0.25, -0.2) is 19.9 Å². The number of piperidine rings is 1. The van der Waals surface area contributed by atoms with E-state index in [9.17, 15) is 0 Å². The first-order chi connectivity index (χ1) is 13.2. The van der Waals surface area contributed by atoms with E-state index in [0.717, 1.165) is 37.2 Å². The van der Waals surface area contributed by atoms with Gasteiger partial charge in [0.15, 0.2) is 5.82 Å². The molecule has 7 heteroatoms. The average Bonchev–Trinajstić information content (AvgIpc) is 2.70. The number of anilines is 3. The summed E-state index contributed by atoms with van der Waals surface area (Å²) < 4.78 is 0. The molecule has 1 fully saturated rings. The van der Waals surface area contributed by atoms with Gasteiger partial charge in [-0.2, -0.15) is 0 Å². The van der Waals surface area contributed by atoms with E-state index in [-0.39, 0.29) is 0 Å². The number of likely N-dealkylation sites (tertiary alicyclic amines) is 1. The fourth-order valence-corrected chi connectivity index (χ4v) is 3.17. The lowest BCUT2D eigenvalue weighted by atomic mass is 10.1. The number of benzene rings is 1. The van der Waals surface area contributed by atoms with Crippen LogP contribution in [0, 0.1) is 12.3 Å². The van der Waals surface area contributed by atoms with Crippen LogP contribution in [0.5, 0.6) is 0 Å². The molecule has 136 valence electrons. The maximum atomic E-state index is 5.48. The summed E-state index contributed by atoms with van der Waals surface area (Å²) in [5, 5.41) is 6.73. The number of terminal acetylenes is 1. The summed E-state index contributed by atoms with van der Waals surface area (Å²) in [5.41, 5.74) is 3.02. The highest BCUT2D eigenvalue weighted by Crippen LogP contribution is 2.23. The van der Waals surface area contributed by atoms with E-state index in [2.05, 4.69) is 48.4 Å². The second-order valence-corrected chi connectivity index (χ2v) is 6.72. The molecule has 0 bridgehead atoms. The van der Waals surface area contributed by atoms with Crippen molar-refractivity contribution < 1.29 is 0 Å². The van der Waals surface area contributed by atoms with Crippen molar-refractivity contribution in [3.63, 3.8) is 0 Å². The molecule has 1 aliphatic rings. The van der Waals surface area contributed by atoms with Gasteiger partial charge in [0.2, 0.25) is 5.95 Å². The second kappa shape index (κ2) is 7.56. The van der Waals surface area contributed by atoms with Crippen LogP contribution in [0.1, 0.15) is 18.4 Å². The van der Waals surface area contributed by atoms with Crippen LogP contribution in [0.3, 0.4) is 0 Å². The van der Waals surface area contributed by atoms with Gasteiger partial charge in [0.25, 0.3) is 0 Å². The van der Waals surface area contributed by atoms with E-state index in [1.54, 1.807) is 6.20 Å². The first-order valence-corrected chi connectivity index (χ1v) is 8.98. The zero-order valence-electron chi connectivity index (χ0n) is 15.2. The molecular weight excluding hydrogens is 338 g/mol. The minimum absolute atomic E-state index is 0.381. The normalized spacial score (nSPS) is 15.4. The van der Waals surface area contributed by atoms with Crippen molar-refractivity contribution >= 4 is 28.5 Å². The van der Waals surface area contributed by atoms with Crippen LogP contribution in [-0.4, -0.2) is 51.0 Å². The predicted octanol–water partition coefficient (Wildman–Crippen LogP) is 2.65. The maximum Gasteiger partial charge on any atom is 0.223 e. The van der Waals surface area contributed by atoms with Gasteiger partial charge >= 0.3 is 0 Å². The monoisotopic (exact) mass is 359 g/mol. The molecule has 0 amide bonds. The summed E-state index contributed by atoms with van der Waals surface area (Å²) >= 11 is 0. The molecule has 3 aromatic rings. The number of nitrogens with one attached hydrogen (secondary N) is 2. The van der Waals surface area contributed by atoms with Crippen molar-refractivity contribution in [3.05, 3.63) is 42.4 Å². The smallest absolute Gasteiger partial charge is 0.223 e. The standard InChI is InChI=1S/C20H21N7/c1-3-14-5-4-6-16(11-14)24-19-18-17(22-13-23-19)12-21-20(26-18)25-15-7-9-27(2)10-8-15/h1,4-6,11-13,15H,7-10H2,2H3,(H,21,25,26)(H,22,23,24). The molecule has 0 saturated carbocycles. The average molecular weight is 359 g/mol. The number of nitrogens with zero attached hydrogens (tertiary/aromatic N) is 5. The lowest BCUT2D eigenvalue weighted by Crippen LogP contribution is -2.37. The van der Waals surface area contributed by atoms with E-state index in [0.29, 0.717) is 28.8 Å². The van der Waals surface area contributed by atoms with Gasteiger partial charge in [-0.05, 0) is 51.2 Å². The summed E-state index contributed by atoms with van der Waals surface area (Å²) in [6, 6.07) is 8.01. The molecule has 0 unspecified atom stereocenters. The quantitative estimate of drug-likeness (QED) is 0.693. The van der Waals surface area contributed by atoms with Crippen molar-refractivity contribution in [1.29, 1.82) is 0 Å². The number of fused-ring (bicyclic) bond motifs is 1. The zero-order valence-corrected chi connectivity index (χ0v) is 15.2. The third-order valence-corrected chi connectivity index (χ3v) is 4.72. The Morgan fingerprint density at radius 2 is 2.04 bits per heavy atom. The molecule has 1 aromatic carbocycles. The molecule has 2 aromatic heterocycles. The topological polar surface area (TPSA) is 78.9 Å². The minimum Gasteiger partial charge on any atom is -0.351 e. The van der Waals surface area contributed by atoms with Gasteiger partial charge in [-0.3, -0.25) is 0 Å². The summed E-state index contributed by atoms with van der Waals surface area (Å²) in [6.45, 7) is 2.15. The number of hydrogen-bond acceptors (Lipinski definition) is 7. The summed E-state index contributed by atoms with van der Waals surface area (Å²) in [4.78, 5) is 20.0. The van der Waals surface area contributed by atoms with E-state index in [1.165, 1.54) is 6.33 Å². The van der Waals surface area contributed by atoms with Gasteiger partial charge < -0.3 is 15.5 Å². The highest BCUT2D eigenvalue weighted by molar-refractivity contribution is 5.87. The maximum absolute atomic E-state index is 5.48. The Morgan fingerprint density at radius 1 is 1.19 bits per heavy atom. The van der Waals surface area contributed by atoms with Crippen LogP contribution in [0.2, 0.25) is 0 Å². The van der Waals surface area contributed by atoms with E-state index < -0.39 is 0 Å². The zero-order chi connectivity index (χ0) is 18.6. The van der Waals surface area contributed by atoms with Gasteiger partial charge in [-0.15, -0.1) is 6.42 Å². The highest BCUT2D eigenvalue weighted by Gasteiger charge is 2.17. The summed E-state index contributed by atoms with van der Waals surface area (Å²) in [6.07, 6.45) is 10.9. The first-order valence-electron chi connectivity index (χ1n) is 8.98. The van der Waals surface area contributed by atoms with Crippen LogP contribution < -0.4 is 10.6 Å². The van der Waals surface area contributed by atoms with Crippen molar-refractivity contribution in [3.8, 4) is 12.3 Å². The first kappa shape index (κ1) is 17.2. The lowest BCUT2D eigenvalue weighted by Gasteiger charge is -2.29. The Balaban J connectivity index is 1.60. The Morgan fingerprint density at radius 3 is 2.85 bits per heavy atom. The van der Waals surface area contributed by atoms with Gasteiger partial charge in [0.1, 0.15) is 17.4 Å². The lowest BCUT2D eigenvalue weighted by molar-refractivity contribution is 0.263. The summed E-state index contributed by atoms with van der Waals surface area (Å²) in [7, 11) is 2.15. The molecule has 27 heavy (non-hydrogen) atoms. The third-order valence-electron chi connectivity index (χ3n) is 4.72. The largest absolute Gasteiger partial charge is 0.351 e. The van der Waals surface area contributed by atoms with Crippen LogP contribution >= 0.6 is 0 Å². The highest BCUT2D eigenvalue weighted by atomic mass is 15.2. The summed E-state index contributed by atoms with van der Waals surface area (Å²) in [5.74, 6) is 3.87. The Kier molecular flexibility index (Phi) is 4.81. The fourth-order valence-electron chi connectivity index (χ4n) is 3.17. The molecule has 0 aliphatic carbocycles. The van der Waals surface area contributed by atoms with Gasteiger partial charge in [0, 0.05) is 17.3 Å². The number of aromatic nitrogens is 4. The minimum atomic E-state index is 0.381. The third kappa shape index (κ3) is 3.96. The van der Waals surface area contributed by atoms with Crippen LogP contribution in [0.4, 0.5) is 17.5 Å². The molecule has 4 rings (SSSR count). The molecule has 3 heterocycles. The van der Waals surface area contributed by atoms with E-state index in [1.807, 2.05) is 24.3 Å². The molecule has 1 aliphatic heterocycles. The number of hydrogen-bond donors (Lipinski definition) is 2. The van der Waals surface area contributed by atoms with Crippen molar-refractivity contribution in [2.24, 2.45) is 0 Å². The number of rotatable bonds is 4. The Bertz CT molecular complexity index is 987. The molecule has 2 N–H and O–H groups in total. The van der Waals surface area contributed by atoms with E-state index in [4.69, 9.17) is 6.42 Å². The van der Waals surface area contributed by atoms with Crippen LogP contribution in [0.25, 0.3) is 11.0 Å². The van der Waals surface area contributed by atoms with Crippen LogP contribution in [0.15, 0.2) is 36.8 Å². The molecular formula is C20H21N7.